The monoisotopic (exact) mass is 286 g/mol. The van der Waals surface area contributed by atoms with Gasteiger partial charge in [0, 0.05) is 43.4 Å². The third kappa shape index (κ3) is 3.18. The number of aromatic amines is 1. The van der Waals surface area contributed by atoms with Gasteiger partial charge in [-0.25, -0.2) is 15.0 Å². The highest BCUT2D eigenvalue weighted by Crippen LogP contribution is 2.15. The Balaban J connectivity index is 1.62. The summed E-state index contributed by atoms with van der Waals surface area (Å²) < 4.78 is 0. The summed E-state index contributed by atoms with van der Waals surface area (Å²) in [4.78, 5) is 29.7. The molecular formula is C14H18N6O. The maximum absolute atomic E-state index is 12.1. The fraction of sp³-hybridized carbons (Fsp3) is 0.429. The van der Waals surface area contributed by atoms with Crippen LogP contribution in [0.1, 0.15) is 29.2 Å². The number of imidazole rings is 1. The molecule has 1 unspecified atom stereocenters. The van der Waals surface area contributed by atoms with Crippen LogP contribution in [0, 0.1) is 6.92 Å². The van der Waals surface area contributed by atoms with E-state index in [1.165, 1.54) is 0 Å². The van der Waals surface area contributed by atoms with Crippen molar-refractivity contribution in [3.63, 3.8) is 0 Å². The van der Waals surface area contributed by atoms with Crippen molar-refractivity contribution in [1.29, 1.82) is 0 Å². The molecule has 1 atom stereocenters. The van der Waals surface area contributed by atoms with Crippen LogP contribution in [0.5, 0.6) is 0 Å². The van der Waals surface area contributed by atoms with Gasteiger partial charge in [-0.1, -0.05) is 0 Å². The number of rotatable bonds is 3. The summed E-state index contributed by atoms with van der Waals surface area (Å²) in [5, 5.41) is 3.02. The number of carbonyl (C=O) groups is 1. The van der Waals surface area contributed by atoms with Gasteiger partial charge < -0.3 is 15.2 Å². The second-order valence-corrected chi connectivity index (χ2v) is 5.22. The highest BCUT2D eigenvalue weighted by Gasteiger charge is 2.24. The molecule has 1 aliphatic heterocycles. The maximum atomic E-state index is 12.1. The molecule has 110 valence electrons. The molecule has 0 aromatic carbocycles. The average Bonchev–Trinajstić information content (AvgIpc) is 2.95. The quantitative estimate of drug-likeness (QED) is 0.875. The number of aryl methyl sites for hydroxylation is 1. The Kier molecular flexibility index (Phi) is 3.81. The number of hydrogen-bond donors (Lipinski definition) is 2. The average molecular weight is 286 g/mol. The highest BCUT2D eigenvalue weighted by molar-refractivity contribution is 5.90. The number of carbonyl (C=O) groups excluding carboxylic acids is 1. The maximum Gasteiger partial charge on any atom is 0.287 e. The van der Waals surface area contributed by atoms with Crippen LogP contribution in [0.25, 0.3) is 0 Å². The van der Waals surface area contributed by atoms with E-state index in [0.717, 1.165) is 31.6 Å². The van der Waals surface area contributed by atoms with E-state index in [1.807, 2.05) is 6.92 Å². The minimum Gasteiger partial charge on any atom is -0.345 e. The van der Waals surface area contributed by atoms with E-state index in [1.54, 1.807) is 24.7 Å². The highest BCUT2D eigenvalue weighted by atomic mass is 16.2. The molecular weight excluding hydrogens is 268 g/mol. The smallest absolute Gasteiger partial charge is 0.287 e. The summed E-state index contributed by atoms with van der Waals surface area (Å²) in [5.74, 6) is 0.912. The molecule has 1 fully saturated rings. The van der Waals surface area contributed by atoms with E-state index >= 15 is 0 Å². The second kappa shape index (κ2) is 5.90. The van der Waals surface area contributed by atoms with Crippen LogP contribution in [0.4, 0.5) is 5.95 Å². The van der Waals surface area contributed by atoms with Gasteiger partial charge in [0.15, 0.2) is 5.82 Å². The first-order chi connectivity index (χ1) is 10.2. The van der Waals surface area contributed by atoms with Gasteiger partial charge in [0.05, 0.1) is 0 Å². The van der Waals surface area contributed by atoms with Crippen molar-refractivity contribution in [2.45, 2.75) is 25.8 Å². The van der Waals surface area contributed by atoms with Crippen LogP contribution >= 0.6 is 0 Å². The van der Waals surface area contributed by atoms with Crippen molar-refractivity contribution in [1.82, 2.24) is 25.3 Å². The molecule has 0 saturated carbocycles. The summed E-state index contributed by atoms with van der Waals surface area (Å²) in [5.41, 5.74) is 0.878. The third-order valence-corrected chi connectivity index (χ3v) is 3.51. The zero-order chi connectivity index (χ0) is 14.7. The molecule has 2 N–H and O–H groups in total. The lowest BCUT2D eigenvalue weighted by Crippen LogP contribution is -2.48. The van der Waals surface area contributed by atoms with E-state index in [0.29, 0.717) is 11.8 Å². The van der Waals surface area contributed by atoms with Gasteiger partial charge in [-0.15, -0.1) is 0 Å². The third-order valence-electron chi connectivity index (χ3n) is 3.51. The zero-order valence-corrected chi connectivity index (χ0v) is 11.9. The topological polar surface area (TPSA) is 86.8 Å². The standard InChI is InChI=1S/C14H18N6O/c1-10-8-17-12(18-10)13(21)19-11-4-2-7-20(9-11)14-15-5-3-6-16-14/h3,5-6,8,11H,2,4,7,9H2,1H3,(H,17,18)(H,19,21). The molecule has 3 heterocycles. The molecule has 3 rings (SSSR count). The number of hydrogen-bond acceptors (Lipinski definition) is 5. The lowest BCUT2D eigenvalue weighted by Gasteiger charge is -2.32. The van der Waals surface area contributed by atoms with E-state index in [4.69, 9.17) is 0 Å². The second-order valence-electron chi connectivity index (χ2n) is 5.22. The normalized spacial score (nSPS) is 18.5. The van der Waals surface area contributed by atoms with Crippen molar-refractivity contribution >= 4 is 11.9 Å². The predicted octanol–water partition coefficient (Wildman–Crippen LogP) is 0.907. The molecule has 1 saturated heterocycles. The van der Waals surface area contributed by atoms with Crippen molar-refractivity contribution < 1.29 is 4.79 Å². The van der Waals surface area contributed by atoms with Gasteiger partial charge in [-0.2, -0.15) is 0 Å². The lowest BCUT2D eigenvalue weighted by molar-refractivity contribution is 0.0923. The summed E-state index contributed by atoms with van der Waals surface area (Å²) in [7, 11) is 0. The number of aromatic nitrogens is 4. The molecule has 0 spiro atoms. The molecule has 0 radical (unpaired) electrons. The number of piperidine rings is 1. The predicted molar refractivity (Wildman–Crippen MR) is 78.1 cm³/mol. The Labute approximate surface area is 122 Å². The van der Waals surface area contributed by atoms with Crippen molar-refractivity contribution in [2.75, 3.05) is 18.0 Å². The molecule has 0 bridgehead atoms. The fourth-order valence-corrected chi connectivity index (χ4v) is 2.51. The Hall–Kier alpha value is -2.44. The number of nitrogens with one attached hydrogen (secondary N) is 2. The zero-order valence-electron chi connectivity index (χ0n) is 11.9. The first kappa shape index (κ1) is 13.5. The van der Waals surface area contributed by atoms with Gasteiger partial charge in [0.2, 0.25) is 5.95 Å². The minimum atomic E-state index is -0.163. The number of anilines is 1. The van der Waals surface area contributed by atoms with Crippen LogP contribution in [-0.2, 0) is 0 Å². The van der Waals surface area contributed by atoms with Gasteiger partial charge in [-0.3, -0.25) is 4.79 Å². The SMILES string of the molecule is Cc1cnc(C(=O)NC2CCCN(c3ncccn3)C2)[nH]1. The van der Waals surface area contributed by atoms with Gasteiger partial charge in [0.25, 0.3) is 5.91 Å². The van der Waals surface area contributed by atoms with Crippen molar-refractivity contribution in [3.8, 4) is 0 Å². The van der Waals surface area contributed by atoms with E-state index in [9.17, 15) is 4.79 Å². The summed E-state index contributed by atoms with van der Waals surface area (Å²) in [6, 6.07) is 1.88. The van der Waals surface area contributed by atoms with Crippen molar-refractivity contribution in [2.24, 2.45) is 0 Å². The van der Waals surface area contributed by atoms with Gasteiger partial charge in [-0.05, 0) is 25.8 Å². The first-order valence-corrected chi connectivity index (χ1v) is 7.07. The Morgan fingerprint density at radius 2 is 2.19 bits per heavy atom. The summed E-state index contributed by atoms with van der Waals surface area (Å²) in [6.07, 6.45) is 7.07. The summed E-state index contributed by atoms with van der Waals surface area (Å²) >= 11 is 0. The molecule has 1 amide bonds. The minimum absolute atomic E-state index is 0.0838. The fourth-order valence-electron chi connectivity index (χ4n) is 2.51. The molecule has 1 aliphatic rings. The number of H-pyrrole nitrogens is 1. The number of amides is 1. The van der Waals surface area contributed by atoms with Crippen molar-refractivity contribution in [3.05, 3.63) is 36.2 Å². The van der Waals surface area contributed by atoms with E-state index < -0.39 is 0 Å². The van der Waals surface area contributed by atoms with Crippen LogP contribution in [0.15, 0.2) is 24.7 Å². The first-order valence-electron chi connectivity index (χ1n) is 7.07. The molecule has 7 heteroatoms. The van der Waals surface area contributed by atoms with Gasteiger partial charge in [0.1, 0.15) is 0 Å². The number of nitrogens with zero attached hydrogens (tertiary/aromatic N) is 4. The van der Waals surface area contributed by atoms with Gasteiger partial charge >= 0.3 is 0 Å². The van der Waals surface area contributed by atoms with Crippen LogP contribution in [-0.4, -0.2) is 45.0 Å². The molecule has 0 aliphatic carbocycles. The van der Waals surface area contributed by atoms with E-state index in [2.05, 4.69) is 30.2 Å². The van der Waals surface area contributed by atoms with E-state index in [-0.39, 0.29) is 11.9 Å². The van der Waals surface area contributed by atoms with Crippen LogP contribution < -0.4 is 10.2 Å². The molecule has 2 aromatic rings. The molecule has 2 aromatic heterocycles. The Morgan fingerprint density at radius 1 is 1.38 bits per heavy atom. The van der Waals surface area contributed by atoms with Crippen LogP contribution in [0.2, 0.25) is 0 Å². The molecule has 21 heavy (non-hydrogen) atoms. The Bertz CT molecular complexity index is 611. The summed E-state index contributed by atoms with van der Waals surface area (Å²) in [6.45, 7) is 3.50. The largest absolute Gasteiger partial charge is 0.345 e. The Morgan fingerprint density at radius 3 is 2.90 bits per heavy atom. The molecule has 7 nitrogen and oxygen atoms in total. The van der Waals surface area contributed by atoms with Crippen LogP contribution in [0.3, 0.4) is 0 Å². The lowest BCUT2D eigenvalue weighted by atomic mass is 10.1.